The average Bonchev–Trinajstić information content (AvgIpc) is 3.43. The van der Waals surface area contributed by atoms with Gasteiger partial charge >= 0.3 is 0 Å². The van der Waals surface area contributed by atoms with Gasteiger partial charge in [0.05, 0.1) is 20.8 Å². The van der Waals surface area contributed by atoms with Crippen molar-refractivity contribution in [1.82, 2.24) is 10.6 Å². The molecule has 25 heavy (non-hydrogen) atoms. The van der Waals surface area contributed by atoms with Gasteiger partial charge in [0.2, 0.25) is 0 Å². The Morgan fingerprint density at radius 1 is 1.16 bits per heavy atom. The van der Waals surface area contributed by atoms with Crippen LogP contribution in [-0.2, 0) is 6.54 Å². The number of nitrogens with one attached hydrogen (secondary N) is 2. The zero-order chi connectivity index (χ0) is 17.7. The fourth-order valence-electron chi connectivity index (χ4n) is 3.81. The van der Waals surface area contributed by atoms with Crippen molar-refractivity contribution in [2.45, 2.75) is 45.6 Å². The van der Waals surface area contributed by atoms with Crippen molar-refractivity contribution in [1.29, 1.82) is 0 Å². The quantitative estimate of drug-likeness (QED) is 0.560. The Kier molecular flexibility index (Phi) is 5.71. The fraction of sp³-hybridized carbons (Fsp3) is 0.650. The molecule has 0 radical (unpaired) electrons. The highest BCUT2D eigenvalue weighted by Gasteiger charge is 2.48. The van der Waals surface area contributed by atoms with E-state index in [2.05, 4.69) is 17.6 Å². The van der Waals surface area contributed by atoms with E-state index in [9.17, 15) is 0 Å². The van der Waals surface area contributed by atoms with Gasteiger partial charge in [0.15, 0.2) is 17.5 Å². The number of hydrogen-bond acceptors (Lipinski definition) is 3. The Balaban J connectivity index is 1.61. The van der Waals surface area contributed by atoms with E-state index in [0.29, 0.717) is 12.0 Å². The van der Waals surface area contributed by atoms with Gasteiger partial charge < -0.3 is 20.1 Å². The molecule has 2 fully saturated rings. The molecule has 3 rings (SSSR count). The van der Waals surface area contributed by atoms with Crippen molar-refractivity contribution < 1.29 is 9.47 Å². The first-order valence-corrected chi connectivity index (χ1v) is 9.44. The second-order valence-corrected chi connectivity index (χ2v) is 7.23. The maximum atomic E-state index is 5.37. The van der Waals surface area contributed by atoms with Crippen molar-refractivity contribution in [2.75, 3.05) is 27.3 Å². The highest BCUT2D eigenvalue weighted by Crippen LogP contribution is 2.56. The number of rotatable bonds is 8. The second kappa shape index (κ2) is 7.98. The van der Waals surface area contributed by atoms with E-state index < -0.39 is 0 Å². The first-order valence-electron chi connectivity index (χ1n) is 9.44. The van der Waals surface area contributed by atoms with Gasteiger partial charge in [-0.3, -0.25) is 0 Å². The first-order chi connectivity index (χ1) is 12.2. The molecule has 1 aromatic rings. The van der Waals surface area contributed by atoms with Gasteiger partial charge in [-0.15, -0.1) is 0 Å². The third-order valence-corrected chi connectivity index (χ3v) is 5.61. The monoisotopic (exact) mass is 345 g/mol. The molecule has 2 saturated carbocycles. The fourth-order valence-corrected chi connectivity index (χ4v) is 3.81. The maximum Gasteiger partial charge on any atom is 0.191 e. The van der Waals surface area contributed by atoms with Gasteiger partial charge in [0.1, 0.15) is 0 Å². The molecule has 0 unspecified atom stereocenters. The molecule has 5 nitrogen and oxygen atoms in total. The molecular weight excluding hydrogens is 314 g/mol. The molecule has 2 aliphatic rings. The van der Waals surface area contributed by atoms with Crippen molar-refractivity contribution >= 4 is 5.96 Å². The van der Waals surface area contributed by atoms with E-state index in [0.717, 1.165) is 42.0 Å². The zero-order valence-corrected chi connectivity index (χ0v) is 15.7. The summed E-state index contributed by atoms with van der Waals surface area (Å²) in [5.74, 6) is 3.35. The summed E-state index contributed by atoms with van der Waals surface area (Å²) >= 11 is 0. The van der Waals surface area contributed by atoms with E-state index in [1.807, 2.05) is 18.2 Å². The van der Waals surface area contributed by atoms with Crippen LogP contribution in [0.25, 0.3) is 0 Å². The van der Waals surface area contributed by atoms with Crippen molar-refractivity contribution in [2.24, 2.45) is 16.3 Å². The highest BCUT2D eigenvalue weighted by molar-refractivity contribution is 5.79. The lowest BCUT2D eigenvalue weighted by Crippen LogP contribution is -2.47. The minimum atomic E-state index is 0.541. The van der Waals surface area contributed by atoms with Gasteiger partial charge in [-0.25, -0.2) is 4.99 Å². The van der Waals surface area contributed by atoms with Gasteiger partial charge in [-0.2, -0.15) is 0 Å². The Hall–Kier alpha value is -1.91. The Morgan fingerprint density at radius 2 is 1.92 bits per heavy atom. The Morgan fingerprint density at radius 3 is 2.48 bits per heavy atom. The molecule has 0 spiro atoms. The van der Waals surface area contributed by atoms with Crippen LogP contribution in [-0.4, -0.2) is 33.3 Å². The van der Waals surface area contributed by atoms with Crippen molar-refractivity contribution in [3.8, 4) is 11.5 Å². The number of hydrogen-bond donors (Lipinski definition) is 2. The number of methoxy groups -OCH3 is 2. The van der Waals surface area contributed by atoms with Crippen LogP contribution in [0.1, 0.15) is 44.6 Å². The van der Waals surface area contributed by atoms with Crippen LogP contribution >= 0.6 is 0 Å². The van der Waals surface area contributed by atoms with Crippen LogP contribution in [0.5, 0.6) is 11.5 Å². The summed E-state index contributed by atoms with van der Waals surface area (Å²) in [6.45, 7) is 4.64. The number of nitrogens with zero attached hydrogens (tertiary/aromatic N) is 1. The highest BCUT2D eigenvalue weighted by atomic mass is 16.5. The molecule has 1 aromatic carbocycles. The smallest absolute Gasteiger partial charge is 0.191 e. The molecule has 5 heteroatoms. The Bertz CT molecular complexity index is 607. The molecule has 2 aliphatic carbocycles. The standard InChI is InChI=1S/C20H31N3O2/c1-4-21-19(23-14-20(10-5-11-20)16-7-8-16)22-13-15-6-9-17(24-2)18(12-15)25-3/h6,9,12,16H,4-5,7-8,10-11,13-14H2,1-3H3,(H2,21,22,23). The first kappa shape index (κ1) is 17.9. The van der Waals surface area contributed by atoms with Crippen LogP contribution in [0.3, 0.4) is 0 Å². The predicted octanol–water partition coefficient (Wildman–Crippen LogP) is 3.34. The van der Waals surface area contributed by atoms with Gasteiger partial charge in [0, 0.05) is 13.1 Å². The summed E-state index contributed by atoms with van der Waals surface area (Å²) in [5, 5.41) is 6.96. The molecule has 0 saturated heterocycles. The molecule has 138 valence electrons. The maximum absolute atomic E-state index is 5.37. The lowest BCUT2D eigenvalue weighted by molar-refractivity contribution is 0.106. The minimum Gasteiger partial charge on any atom is -0.493 e. The van der Waals surface area contributed by atoms with Crippen LogP contribution < -0.4 is 20.1 Å². The molecule has 0 atom stereocenters. The lowest BCUT2D eigenvalue weighted by Gasteiger charge is -2.43. The molecule has 2 N–H and O–H groups in total. The third-order valence-electron chi connectivity index (χ3n) is 5.61. The molecule has 0 aliphatic heterocycles. The van der Waals surface area contributed by atoms with E-state index >= 15 is 0 Å². The summed E-state index contributed by atoms with van der Waals surface area (Å²) in [6, 6.07) is 5.95. The van der Waals surface area contributed by atoms with Crippen molar-refractivity contribution in [3.63, 3.8) is 0 Å². The predicted molar refractivity (Wildman–Crippen MR) is 101 cm³/mol. The van der Waals surface area contributed by atoms with Gasteiger partial charge in [-0.05, 0) is 61.6 Å². The van der Waals surface area contributed by atoms with E-state index in [-0.39, 0.29) is 0 Å². The normalized spacial score (nSPS) is 19.1. The molecule has 0 bridgehead atoms. The summed E-state index contributed by atoms with van der Waals surface area (Å²) in [5.41, 5.74) is 1.65. The average molecular weight is 345 g/mol. The van der Waals surface area contributed by atoms with Gasteiger partial charge in [0.25, 0.3) is 0 Å². The zero-order valence-electron chi connectivity index (χ0n) is 15.7. The number of ether oxygens (including phenoxy) is 2. The third kappa shape index (κ3) is 4.20. The van der Waals surface area contributed by atoms with E-state index in [4.69, 9.17) is 14.5 Å². The largest absolute Gasteiger partial charge is 0.493 e. The molecule has 0 aromatic heterocycles. The minimum absolute atomic E-state index is 0.541. The SMILES string of the molecule is CCNC(=NCc1ccc(OC)c(OC)c1)NCC1(C2CC2)CCC1. The Labute approximate surface area is 151 Å². The topological polar surface area (TPSA) is 54.9 Å². The summed E-state index contributed by atoms with van der Waals surface area (Å²) in [4.78, 5) is 4.75. The van der Waals surface area contributed by atoms with Crippen LogP contribution in [0.4, 0.5) is 0 Å². The van der Waals surface area contributed by atoms with E-state index in [1.54, 1.807) is 14.2 Å². The number of guanidine groups is 1. The second-order valence-electron chi connectivity index (χ2n) is 7.23. The molecule has 0 amide bonds. The van der Waals surface area contributed by atoms with Gasteiger partial charge in [-0.1, -0.05) is 12.5 Å². The van der Waals surface area contributed by atoms with Crippen LogP contribution in [0, 0.1) is 11.3 Å². The van der Waals surface area contributed by atoms with Crippen LogP contribution in [0.2, 0.25) is 0 Å². The molecular formula is C20H31N3O2. The summed E-state index contributed by atoms with van der Waals surface area (Å²) in [7, 11) is 3.31. The molecule has 0 heterocycles. The number of benzene rings is 1. The lowest BCUT2D eigenvalue weighted by atomic mass is 9.65. The summed E-state index contributed by atoms with van der Waals surface area (Å²) in [6.07, 6.45) is 6.97. The van der Waals surface area contributed by atoms with Crippen LogP contribution in [0.15, 0.2) is 23.2 Å². The number of aliphatic imine (C=N–C) groups is 1. The summed E-state index contributed by atoms with van der Waals surface area (Å²) < 4.78 is 10.7. The van der Waals surface area contributed by atoms with Crippen molar-refractivity contribution in [3.05, 3.63) is 23.8 Å². The van der Waals surface area contributed by atoms with E-state index in [1.165, 1.54) is 32.1 Å².